The van der Waals surface area contributed by atoms with Crippen molar-refractivity contribution in [2.75, 3.05) is 10.6 Å². The number of benzene rings is 1. The Labute approximate surface area is 162 Å². The zero-order valence-electron chi connectivity index (χ0n) is 15.9. The molecule has 3 aromatic rings. The molecule has 6 nitrogen and oxygen atoms in total. The number of nitrogens with two attached hydrogens (primary N) is 1. The number of nitrogens with one attached hydrogen (secondary N) is 2. The van der Waals surface area contributed by atoms with Gasteiger partial charge in [-0.3, -0.25) is 5.32 Å². The van der Waals surface area contributed by atoms with Gasteiger partial charge in [0.1, 0.15) is 0 Å². The minimum absolute atomic E-state index is 0.232. The number of thiazole rings is 1. The molecule has 1 unspecified atom stereocenters. The first kappa shape index (κ1) is 19.1. The second kappa shape index (κ2) is 7.54. The highest BCUT2D eigenvalue weighted by Gasteiger charge is 2.28. The zero-order valence-corrected chi connectivity index (χ0v) is 16.7. The largest absolute Gasteiger partial charge is 0.472 e. The molecule has 4 N–H and O–H groups in total. The first-order valence-corrected chi connectivity index (χ1v) is 9.61. The number of rotatable bonds is 5. The number of aromatic nitrogens is 1. The maximum absolute atomic E-state index is 12.4. The molecule has 27 heavy (non-hydrogen) atoms. The lowest BCUT2D eigenvalue weighted by Crippen LogP contribution is -2.38. The van der Waals surface area contributed by atoms with E-state index in [0.29, 0.717) is 10.8 Å². The lowest BCUT2D eigenvalue weighted by atomic mass is 9.87. The molecule has 2 aromatic heterocycles. The first-order chi connectivity index (χ1) is 12.8. The van der Waals surface area contributed by atoms with E-state index in [2.05, 4.69) is 15.6 Å². The number of anilines is 2. The highest BCUT2D eigenvalue weighted by molar-refractivity contribution is 7.14. The Morgan fingerprint density at radius 1 is 1.30 bits per heavy atom. The number of carbonyl (C=O) groups is 1. The van der Waals surface area contributed by atoms with Gasteiger partial charge in [-0.25, -0.2) is 9.78 Å². The lowest BCUT2D eigenvalue weighted by molar-refractivity contribution is 0.262. The van der Waals surface area contributed by atoms with E-state index in [0.717, 1.165) is 22.4 Å². The lowest BCUT2D eigenvalue weighted by Gasteiger charge is -2.26. The van der Waals surface area contributed by atoms with Gasteiger partial charge in [-0.05, 0) is 49.1 Å². The van der Waals surface area contributed by atoms with Crippen molar-refractivity contribution in [2.45, 2.75) is 33.2 Å². The summed E-state index contributed by atoms with van der Waals surface area (Å²) in [5, 5.41) is 8.02. The maximum atomic E-state index is 12.4. The molecular weight excluding hydrogens is 360 g/mol. The second-order valence-electron chi connectivity index (χ2n) is 7.10. The highest BCUT2D eigenvalue weighted by Crippen LogP contribution is 2.30. The first-order valence-electron chi connectivity index (χ1n) is 8.73. The summed E-state index contributed by atoms with van der Waals surface area (Å²) < 4.78 is 5.15. The Balaban J connectivity index is 1.70. The van der Waals surface area contributed by atoms with Gasteiger partial charge in [-0.15, -0.1) is 11.3 Å². The van der Waals surface area contributed by atoms with Gasteiger partial charge >= 0.3 is 6.03 Å². The molecule has 1 atom stereocenters. The molecule has 0 aliphatic carbocycles. The molecule has 0 radical (unpaired) electrons. The number of hydrogen-bond donors (Lipinski definition) is 3. The van der Waals surface area contributed by atoms with Crippen LogP contribution < -0.4 is 16.4 Å². The number of hydrogen-bond acceptors (Lipinski definition) is 5. The third-order valence-electron chi connectivity index (χ3n) is 4.80. The second-order valence-corrected chi connectivity index (χ2v) is 7.95. The van der Waals surface area contributed by atoms with E-state index < -0.39 is 5.54 Å². The minimum Gasteiger partial charge on any atom is -0.472 e. The van der Waals surface area contributed by atoms with Crippen LogP contribution in [0.1, 0.15) is 32.0 Å². The molecule has 0 saturated carbocycles. The number of nitrogens with zero attached hydrogens (tertiary/aromatic N) is 1. The van der Waals surface area contributed by atoms with E-state index in [9.17, 15) is 4.79 Å². The van der Waals surface area contributed by atoms with E-state index in [1.807, 2.05) is 57.3 Å². The average molecular weight is 385 g/mol. The van der Waals surface area contributed by atoms with Crippen molar-refractivity contribution in [1.82, 2.24) is 4.98 Å². The molecular formula is C20H24N4O2S. The van der Waals surface area contributed by atoms with Crippen molar-refractivity contribution in [3.63, 3.8) is 0 Å². The Bertz CT molecular complexity index is 929. The molecule has 0 bridgehead atoms. The van der Waals surface area contributed by atoms with E-state index >= 15 is 0 Å². The normalized spacial score (nSPS) is 13.4. The van der Waals surface area contributed by atoms with Crippen molar-refractivity contribution in [1.29, 1.82) is 0 Å². The van der Waals surface area contributed by atoms with Crippen LogP contribution in [0.3, 0.4) is 0 Å². The smallest absolute Gasteiger partial charge is 0.325 e. The van der Waals surface area contributed by atoms with Crippen LogP contribution in [0.4, 0.5) is 15.6 Å². The molecule has 1 aromatic carbocycles. The zero-order chi connectivity index (χ0) is 19.6. The molecule has 0 spiro atoms. The molecule has 0 fully saturated rings. The summed E-state index contributed by atoms with van der Waals surface area (Å²) >= 11 is 1.36. The Hall–Kier alpha value is -2.64. The predicted octanol–water partition coefficient (Wildman–Crippen LogP) is 5.19. The van der Waals surface area contributed by atoms with Gasteiger partial charge in [-0.2, -0.15) is 0 Å². The third kappa shape index (κ3) is 4.20. The van der Waals surface area contributed by atoms with Crippen molar-refractivity contribution < 1.29 is 9.21 Å². The summed E-state index contributed by atoms with van der Waals surface area (Å²) in [6.07, 6.45) is 3.31. The Morgan fingerprint density at radius 2 is 2.07 bits per heavy atom. The van der Waals surface area contributed by atoms with Crippen LogP contribution >= 0.6 is 11.3 Å². The molecule has 0 aliphatic rings. The summed E-state index contributed by atoms with van der Waals surface area (Å²) in [6, 6.07) is 7.29. The standard InChI is InChI=1S/C20H24N4O2S/c1-12(2)20(4,21)17-11-27-19(23-17)24-18(25)22-15-6-5-13(3)16(9-15)14-7-8-26-10-14/h5-12H,21H2,1-4H3,(H2,22,23,24,25). The SMILES string of the molecule is Cc1ccc(NC(=O)Nc2nc(C(C)(N)C(C)C)cs2)cc1-c1ccoc1. The number of aryl methyl sites for hydroxylation is 1. The summed E-state index contributed by atoms with van der Waals surface area (Å²) in [7, 11) is 0. The van der Waals surface area contributed by atoms with Gasteiger partial charge in [0.25, 0.3) is 0 Å². The summed E-state index contributed by atoms with van der Waals surface area (Å²) in [5.41, 5.74) is 10.3. The van der Waals surface area contributed by atoms with E-state index in [4.69, 9.17) is 10.2 Å². The van der Waals surface area contributed by atoms with Crippen LogP contribution in [0, 0.1) is 12.8 Å². The summed E-state index contributed by atoms with van der Waals surface area (Å²) in [6.45, 7) is 8.06. The van der Waals surface area contributed by atoms with Gasteiger partial charge in [0.2, 0.25) is 0 Å². The number of furan rings is 1. The summed E-state index contributed by atoms with van der Waals surface area (Å²) in [4.78, 5) is 16.8. The molecule has 2 heterocycles. The molecule has 3 rings (SSSR count). The van der Waals surface area contributed by atoms with Crippen molar-refractivity contribution in [3.05, 3.63) is 53.4 Å². The van der Waals surface area contributed by atoms with E-state index in [1.54, 1.807) is 12.5 Å². The van der Waals surface area contributed by atoms with Crippen LogP contribution in [0.2, 0.25) is 0 Å². The van der Waals surface area contributed by atoms with Crippen molar-refractivity contribution >= 4 is 28.2 Å². The van der Waals surface area contributed by atoms with Crippen LogP contribution in [-0.4, -0.2) is 11.0 Å². The monoisotopic (exact) mass is 384 g/mol. The molecule has 2 amide bonds. The van der Waals surface area contributed by atoms with Gasteiger partial charge in [-0.1, -0.05) is 19.9 Å². The molecule has 7 heteroatoms. The summed E-state index contributed by atoms with van der Waals surface area (Å²) in [5.74, 6) is 0.232. The van der Waals surface area contributed by atoms with Crippen molar-refractivity contribution in [2.24, 2.45) is 11.7 Å². The fourth-order valence-electron chi connectivity index (χ4n) is 2.56. The van der Waals surface area contributed by atoms with Crippen molar-refractivity contribution in [3.8, 4) is 11.1 Å². The number of urea groups is 1. The quantitative estimate of drug-likeness (QED) is 0.564. The molecule has 0 saturated heterocycles. The van der Waals surface area contributed by atoms with Crippen LogP contribution in [0.25, 0.3) is 11.1 Å². The minimum atomic E-state index is -0.538. The highest BCUT2D eigenvalue weighted by atomic mass is 32.1. The Morgan fingerprint density at radius 3 is 2.74 bits per heavy atom. The fourth-order valence-corrected chi connectivity index (χ4v) is 3.39. The fraction of sp³-hybridized carbons (Fsp3) is 0.300. The third-order valence-corrected chi connectivity index (χ3v) is 5.56. The average Bonchev–Trinajstić information content (AvgIpc) is 3.28. The van der Waals surface area contributed by atoms with Gasteiger partial charge in [0, 0.05) is 16.6 Å². The van der Waals surface area contributed by atoms with E-state index in [1.165, 1.54) is 11.3 Å². The van der Waals surface area contributed by atoms with Crippen LogP contribution in [0.15, 0.2) is 46.6 Å². The number of amides is 2. The topological polar surface area (TPSA) is 93.2 Å². The number of carbonyl (C=O) groups excluding carboxylic acids is 1. The predicted molar refractivity (Wildman–Crippen MR) is 110 cm³/mol. The van der Waals surface area contributed by atoms with Gasteiger partial charge in [0.15, 0.2) is 5.13 Å². The molecule has 142 valence electrons. The van der Waals surface area contributed by atoms with Crippen LogP contribution in [-0.2, 0) is 5.54 Å². The molecule has 0 aliphatic heterocycles. The Kier molecular flexibility index (Phi) is 5.34. The van der Waals surface area contributed by atoms with Gasteiger partial charge in [0.05, 0.1) is 23.8 Å². The van der Waals surface area contributed by atoms with E-state index in [-0.39, 0.29) is 11.9 Å². The van der Waals surface area contributed by atoms with Gasteiger partial charge < -0.3 is 15.5 Å². The maximum Gasteiger partial charge on any atom is 0.325 e. The van der Waals surface area contributed by atoms with Crippen LogP contribution in [0.5, 0.6) is 0 Å².